The normalized spacial score (nSPS) is 16.3. The Labute approximate surface area is 138 Å². The molecule has 0 spiro atoms. The molecule has 0 saturated carbocycles. The van der Waals surface area contributed by atoms with Crippen LogP contribution in [0.25, 0.3) is 0 Å². The zero-order valence-corrected chi connectivity index (χ0v) is 14.4. The summed E-state index contributed by atoms with van der Waals surface area (Å²) in [5.74, 6) is 0.618. The molecule has 1 N–H and O–H groups in total. The summed E-state index contributed by atoms with van der Waals surface area (Å²) in [4.78, 5) is 4.72. The first kappa shape index (κ1) is 16.5. The predicted octanol–water partition coefficient (Wildman–Crippen LogP) is 2.99. The molecule has 1 fully saturated rings. The Morgan fingerprint density at radius 3 is 2.62 bits per heavy atom. The smallest absolute Gasteiger partial charge is 0.169 e. The topological polar surface area (TPSA) is 18.5 Å². The molecular weight excluding hydrogens is 302 g/mol. The van der Waals surface area contributed by atoms with Gasteiger partial charge in [-0.15, -0.1) is 0 Å². The largest absolute Gasteiger partial charge is 0.362 e. The molecule has 0 aliphatic carbocycles. The summed E-state index contributed by atoms with van der Waals surface area (Å²) in [6.07, 6.45) is 0. The van der Waals surface area contributed by atoms with Crippen LogP contribution in [0.4, 0.5) is 0 Å². The highest BCUT2D eigenvalue weighted by atomic mass is 35.5. The van der Waals surface area contributed by atoms with Gasteiger partial charge in [-0.25, -0.2) is 0 Å². The van der Waals surface area contributed by atoms with Gasteiger partial charge in [0, 0.05) is 44.3 Å². The SMILES string of the molecule is CC(C)CNC(=S)N1CCN(Cc2cccc(Cl)c2)CC1. The van der Waals surface area contributed by atoms with Crippen LogP contribution in [0.1, 0.15) is 19.4 Å². The minimum absolute atomic E-state index is 0.618. The van der Waals surface area contributed by atoms with Gasteiger partial charge in [-0.1, -0.05) is 37.6 Å². The molecule has 0 bridgehead atoms. The maximum absolute atomic E-state index is 6.04. The lowest BCUT2D eigenvalue weighted by atomic mass is 10.2. The Kier molecular flexibility index (Phi) is 6.27. The van der Waals surface area contributed by atoms with E-state index in [0.29, 0.717) is 5.92 Å². The molecule has 3 nitrogen and oxygen atoms in total. The molecule has 21 heavy (non-hydrogen) atoms. The summed E-state index contributed by atoms with van der Waals surface area (Å²) >= 11 is 11.5. The van der Waals surface area contributed by atoms with Crippen LogP contribution >= 0.6 is 23.8 Å². The fourth-order valence-electron chi connectivity index (χ4n) is 2.41. The van der Waals surface area contributed by atoms with E-state index in [1.165, 1.54) is 5.56 Å². The monoisotopic (exact) mass is 325 g/mol. The second-order valence-corrected chi connectivity index (χ2v) is 6.80. The lowest BCUT2D eigenvalue weighted by Crippen LogP contribution is -2.51. The quantitative estimate of drug-likeness (QED) is 0.857. The van der Waals surface area contributed by atoms with E-state index in [-0.39, 0.29) is 0 Å². The van der Waals surface area contributed by atoms with Crippen molar-refractivity contribution in [2.24, 2.45) is 5.92 Å². The van der Waals surface area contributed by atoms with E-state index in [1.54, 1.807) is 0 Å². The summed E-state index contributed by atoms with van der Waals surface area (Å²) in [6.45, 7) is 10.3. The van der Waals surface area contributed by atoms with Gasteiger partial charge < -0.3 is 10.2 Å². The number of benzene rings is 1. The molecule has 0 unspecified atom stereocenters. The molecule has 1 aromatic rings. The van der Waals surface area contributed by atoms with E-state index in [1.807, 2.05) is 18.2 Å². The molecule has 0 radical (unpaired) electrons. The van der Waals surface area contributed by atoms with Crippen LogP contribution in [0.5, 0.6) is 0 Å². The number of halogens is 1. The second kappa shape index (κ2) is 7.97. The van der Waals surface area contributed by atoms with Gasteiger partial charge in [0.1, 0.15) is 0 Å². The van der Waals surface area contributed by atoms with Gasteiger partial charge in [-0.2, -0.15) is 0 Å². The van der Waals surface area contributed by atoms with Crippen LogP contribution in [-0.4, -0.2) is 47.6 Å². The number of hydrogen-bond acceptors (Lipinski definition) is 2. The van der Waals surface area contributed by atoms with Crippen molar-refractivity contribution in [3.05, 3.63) is 34.9 Å². The third-order valence-corrected chi connectivity index (χ3v) is 4.25. The number of nitrogens with one attached hydrogen (secondary N) is 1. The number of rotatable bonds is 4. The Hall–Kier alpha value is -0.840. The van der Waals surface area contributed by atoms with Gasteiger partial charge in [0.15, 0.2) is 5.11 Å². The molecule has 0 aromatic heterocycles. The number of hydrogen-bond donors (Lipinski definition) is 1. The van der Waals surface area contributed by atoms with Crippen LogP contribution < -0.4 is 5.32 Å². The molecule has 1 aliphatic heterocycles. The fraction of sp³-hybridized carbons (Fsp3) is 0.562. The van der Waals surface area contributed by atoms with Crippen molar-refractivity contribution in [3.63, 3.8) is 0 Å². The van der Waals surface area contributed by atoms with Gasteiger partial charge in [-0.05, 0) is 35.8 Å². The van der Waals surface area contributed by atoms with Crippen molar-refractivity contribution in [3.8, 4) is 0 Å². The molecule has 0 atom stereocenters. The van der Waals surface area contributed by atoms with E-state index in [9.17, 15) is 0 Å². The van der Waals surface area contributed by atoms with E-state index >= 15 is 0 Å². The van der Waals surface area contributed by atoms with E-state index in [2.05, 4.69) is 35.0 Å². The molecule has 1 aromatic carbocycles. The standard InChI is InChI=1S/C16H24ClN3S/c1-13(2)11-18-16(21)20-8-6-19(7-9-20)12-14-4-3-5-15(17)10-14/h3-5,10,13H,6-9,11-12H2,1-2H3,(H,18,21). The number of piperazine rings is 1. The molecular formula is C16H24ClN3S. The summed E-state index contributed by atoms with van der Waals surface area (Å²) in [5, 5.41) is 5.05. The van der Waals surface area contributed by atoms with Gasteiger partial charge in [0.25, 0.3) is 0 Å². The average molecular weight is 326 g/mol. The zero-order valence-electron chi connectivity index (χ0n) is 12.8. The van der Waals surface area contributed by atoms with Crippen molar-refractivity contribution in [1.29, 1.82) is 0 Å². The molecule has 1 saturated heterocycles. The average Bonchev–Trinajstić information content (AvgIpc) is 2.45. The van der Waals surface area contributed by atoms with Crippen molar-refractivity contribution >= 4 is 28.9 Å². The van der Waals surface area contributed by atoms with Gasteiger partial charge in [0.2, 0.25) is 0 Å². The molecule has 1 aliphatic rings. The van der Waals surface area contributed by atoms with E-state index in [4.69, 9.17) is 23.8 Å². The number of thiocarbonyl (C=S) groups is 1. The first-order valence-corrected chi connectivity index (χ1v) is 8.33. The Morgan fingerprint density at radius 1 is 1.29 bits per heavy atom. The van der Waals surface area contributed by atoms with Crippen LogP contribution in [0.15, 0.2) is 24.3 Å². The Bertz CT molecular complexity index is 470. The molecule has 116 valence electrons. The van der Waals surface area contributed by atoms with Crippen LogP contribution in [0.3, 0.4) is 0 Å². The third-order valence-electron chi connectivity index (χ3n) is 3.62. The van der Waals surface area contributed by atoms with Crippen molar-refractivity contribution < 1.29 is 0 Å². The van der Waals surface area contributed by atoms with Crippen molar-refractivity contribution in [2.45, 2.75) is 20.4 Å². The summed E-state index contributed by atoms with van der Waals surface area (Å²) < 4.78 is 0. The summed E-state index contributed by atoms with van der Waals surface area (Å²) in [5.41, 5.74) is 1.27. The first-order valence-electron chi connectivity index (χ1n) is 7.54. The Balaban J connectivity index is 1.76. The lowest BCUT2D eigenvalue weighted by Gasteiger charge is -2.36. The number of nitrogens with zero attached hydrogens (tertiary/aromatic N) is 2. The highest BCUT2D eigenvalue weighted by molar-refractivity contribution is 7.80. The highest BCUT2D eigenvalue weighted by Crippen LogP contribution is 2.14. The third kappa shape index (κ3) is 5.46. The Morgan fingerprint density at radius 2 is 2.00 bits per heavy atom. The zero-order chi connectivity index (χ0) is 15.2. The summed E-state index contributed by atoms with van der Waals surface area (Å²) in [6, 6.07) is 8.11. The minimum atomic E-state index is 0.618. The van der Waals surface area contributed by atoms with Crippen LogP contribution in [-0.2, 0) is 6.54 Å². The molecule has 2 rings (SSSR count). The maximum atomic E-state index is 6.04. The molecule has 1 heterocycles. The van der Waals surface area contributed by atoms with Gasteiger partial charge >= 0.3 is 0 Å². The van der Waals surface area contributed by atoms with Crippen LogP contribution in [0.2, 0.25) is 5.02 Å². The highest BCUT2D eigenvalue weighted by Gasteiger charge is 2.18. The van der Waals surface area contributed by atoms with Gasteiger partial charge in [-0.3, -0.25) is 4.90 Å². The van der Waals surface area contributed by atoms with E-state index < -0.39 is 0 Å². The van der Waals surface area contributed by atoms with Crippen molar-refractivity contribution in [2.75, 3.05) is 32.7 Å². The van der Waals surface area contributed by atoms with E-state index in [0.717, 1.165) is 49.4 Å². The lowest BCUT2D eigenvalue weighted by molar-refractivity contribution is 0.174. The van der Waals surface area contributed by atoms with Crippen molar-refractivity contribution in [1.82, 2.24) is 15.1 Å². The second-order valence-electron chi connectivity index (χ2n) is 5.97. The van der Waals surface area contributed by atoms with Crippen LogP contribution in [0, 0.1) is 5.92 Å². The predicted molar refractivity (Wildman–Crippen MR) is 93.7 cm³/mol. The summed E-state index contributed by atoms with van der Waals surface area (Å²) in [7, 11) is 0. The molecule has 5 heteroatoms. The van der Waals surface area contributed by atoms with Gasteiger partial charge in [0.05, 0.1) is 0 Å². The first-order chi connectivity index (χ1) is 10.0. The minimum Gasteiger partial charge on any atom is -0.362 e. The maximum Gasteiger partial charge on any atom is 0.169 e. The molecule has 0 amide bonds. The fourth-order valence-corrected chi connectivity index (χ4v) is 2.88.